The Morgan fingerprint density at radius 3 is 2.44 bits per heavy atom. The van der Waals surface area contributed by atoms with Gasteiger partial charge in [0.05, 0.1) is 0 Å². The van der Waals surface area contributed by atoms with Gasteiger partial charge in [-0.3, -0.25) is 4.90 Å². The van der Waals surface area contributed by atoms with Crippen LogP contribution in [0.1, 0.15) is 48.4 Å². The van der Waals surface area contributed by atoms with Gasteiger partial charge in [-0.05, 0) is 50.4 Å². The van der Waals surface area contributed by atoms with Crippen LogP contribution in [0.15, 0.2) is 6.07 Å². The lowest BCUT2D eigenvalue weighted by Gasteiger charge is -2.25. The zero-order valence-corrected chi connectivity index (χ0v) is 11.4. The van der Waals surface area contributed by atoms with Crippen molar-refractivity contribution in [1.82, 2.24) is 4.90 Å². The fourth-order valence-corrected chi connectivity index (χ4v) is 3.79. The van der Waals surface area contributed by atoms with Gasteiger partial charge in [-0.2, -0.15) is 0 Å². The average molecular weight is 237 g/mol. The molecule has 16 heavy (non-hydrogen) atoms. The van der Waals surface area contributed by atoms with Gasteiger partial charge in [-0.15, -0.1) is 11.3 Å². The number of thiophene rings is 1. The second-order valence-corrected chi connectivity index (χ2v) is 5.93. The van der Waals surface area contributed by atoms with Crippen LogP contribution in [-0.2, 0) is 19.4 Å². The quantitative estimate of drug-likeness (QED) is 0.768. The standard InChI is InChI=1S/C14H23NS/c1-3-12-10-13(16-14(12)4-2)11-15-8-6-5-7-9-15/h10H,3-9,11H2,1-2H3. The molecule has 0 bridgehead atoms. The fraction of sp³-hybridized carbons (Fsp3) is 0.714. The van der Waals surface area contributed by atoms with Crippen LogP contribution in [0.4, 0.5) is 0 Å². The van der Waals surface area contributed by atoms with Gasteiger partial charge in [0.15, 0.2) is 0 Å². The molecule has 0 spiro atoms. The van der Waals surface area contributed by atoms with Crippen molar-refractivity contribution in [3.05, 3.63) is 21.4 Å². The third kappa shape index (κ3) is 2.86. The van der Waals surface area contributed by atoms with Gasteiger partial charge in [0.2, 0.25) is 0 Å². The molecule has 1 aliphatic rings. The summed E-state index contributed by atoms with van der Waals surface area (Å²) in [6.45, 7) is 8.35. The first-order valence-corrected chi connectivity index (χ1v) is 7.48. The highest BCUT2D eigenvalue weighted by molar-refractivity contribution is 7.12. The number of rotatable bonds is 4. The van der Waals surface area contributed by atoms with Crippen LogP contribution in [0, 0.1) is 0 Å². The van der Waals surface area contributed by atoms with Crippen LogP contribution >= 0.6 is 11.3 Å². The first kappa shape index (κ1) is 12.1. The molecule has 0 aromatic carbocycles. The molecule has 0 unspecified atom stereocenters. The number of nitrogens with zero attached hydrogens (tertiary/aromatic N) is 1. The largest absolute Gasteiger partial charge is 0.298 e. The molecule has 0 amide bonds. The summed E-state index contributed by atoms with van der Waals surface area (Å²) in [7, 11) is 0. The molecule has 0 radical (unpaired) electrons. The highest BCUT2D eigenvalue weighted by atomic mass is 32.1. The van der Waals surface area contributed by atoms with Crippen LogP contribution in [0.2, 0.25) is 0 Å². The summed E-state index contributed by atoms with van der Waals surface area (Å²) in [6.07, 6.45) is 6.62. The molecule has 0 saturated carbocycles. The molecule has 1 aromatic heterocycles. The van der Waals surface area contributed by atoms with Crippen LogP contribution < -0.4 is 0 Å². The first-order chi connectivity index (χ1) is 7.83. The van der Waals surface area contributed by atoms with Crippen molar-refractivity contribution in [3.63, 3.8) is 0 Å². The normalized spacial score (nSPS) is 17.9. The maximum atomic E-state index is 2.62. The Morgan fingerprint density at radius 2 is 1.88 bits per heavy atom. The SMILES string of the molecule is CCc1cc(CN2CCCCC2)sc1CC. The lowest BCUT2D eigenvalue weighted by molar-refractivity contribution is 0.222. The minimum Gasteiger partial charge on any atom is -0.298 e. The maximum Gasteiger partial charge on any atom is 0.0328 e. The Kier molecular flexibility index (Phi) is 4.42. The van der Waals surface area contributed by atoms with E-state index in [1.807, 2.05) is 11.3 Å². The zero-order chi connectivity index (χ0) is 11.4. The number of hydrogen-bond donors (Lipinski definition) is 0. The van der Waals surface area contributed by atoms with Gasteiger partial charge in [0.25, 0.3) is 0 Å². The number of aryl methyl sites for hydroxylation is 2. The van der Waals surface area contributed by atoms with E-state index in [-0.39, 0.29) is 0 Å². The van der Waals surface area contributed by atoms with E-state index in [0.717, 1.165) is 0 Å². The van der Waals surface area contributed by atoms with Crippen LogP contribution in [0.3, 0.4) is 0 Å². The summed E-state index contributed by atoms with van der Waals surface area (Å²) >= 11 is 2.04. The molecule has 2 rings (SSSR count). The minimum atomic E-state index is 1.19. The molecule has 1 nitrogen and oxygen atoms in total. The first-order valence-electron chi connectivity index (χ1n) is 6.66. The summed E-state index contributed by atoms with van der Waals surface area (Å²) in [4.78, 5) is 5.80. The van der Waals surface area contributed by atoms with Crippen LogP contribution in [-0.4, -0.2) is 18.0 Å². The predicted octanol–water partition coefficient (Wildman–Crippen LogP) is 3.86. The monoisotopic (exact) mass is 237 g/mol. The van der Waals surface area contributed by atoms with Gasteiger partial charge in [-0.1, -0.05) is 20.3 Å². The third-order valence-electron chi connectivity index (χ3n) is 3.48. The van der Waals surface area contributed by atoms with E-state index in [0.29, 0.717) is 0 Å². The molecule has 90 valence electrons. The second kappa shape index (κ2) is 5.83. The second-order valence-electron chi connectivity index (χ2n) is 4.71. The Bertz CT molecular complexity index is 302. The average Bonchev–Trinajstić information content (AvgIpc) is 2.72. The molecular weight excluding hydrogens is 214 g/mol. The highest BCUT2D eigenvalue weighted by Crippen LogP contribution is 2.25. The highest BCUT2D eigenvalue weighted by Gasteiger charge is 2.13. The van der Waals surface area contributed by atoms with Crippen molar-refractivity contribution in [2.24, 2.45) is 0 Å². The Labute approximate surface area is 103 Å². The molecule has 0 N–H and O–H groups in total. The van der Waals surface area contributed by atoms with Crippen LogP contribution in [0.25, 0.3) is 0 Å². The third-order valence-corrected chi connectivity index (χ3v) is 4.78. The summed E-state index contributed by atoms with van der Waals surface area (Å²) in [5.41, 5.74) is 1.58. The molecule has 1 aromatic rings. The number of likely N-dealkylation sites (tertiary alicyclic amines) is 1. The van der Waals surface area contributed by atoms with Crippen molar-refractivity contribution in [3.8, 4) is 0 Å². The maximum absolute atomic E-state index is 2.62. The van der Waals surface area contributed by atoms with E-state index in [2.05, 4.69) is 24.8 Å². The molecule has 2 heteroatoms. The van der Waals surface area contributed by atoms with Crippen molar-refractivity contribution < 1.29 is 0 Å². The molecular formula is C14H23NS. The summed E-state index contributed by atoms with van der Waals surface area (Å²) < 4.78 is 0. The predicted molar refractivity (Wildman–Crippen MR) is 72.2 cm³/mol. The topological polar surface area (TPSA) is 3.24 Å². The molecule has 0 aliphatic carbocycles. The van der Waals surface area contributed by atoms with Crippen molar-refractivity contribution >= 4 is 11.3 Å². The zero-order valence-electron chi connectivity index (χ0n) is 10.6. The lowest BCUT2D eigenvalue weighted by atomic mass is 10.1. The van der Waals surface area contributed by atoms with E-state index in [1.165, 1.54) is 51.7 Å². The molecule has 2 heterocycles. The molecule has 1 saturated heterocycles. The van der Waals surface area contributed by atoms with Gasteiger partial charge >= 0.3 is 0 Å². The fourth-order valence-electron chi connectivity index (χ4n) is 2.54. The van der Waals surface area contributed by atoms with E-state index < -0.39 is 0 Å². The van der Waals surface area contributed by atoms with Crippen molar-refractivity contribution in [1.29, 1.82) is 0 Å². The molecule has 0 atom stereocenters. The van der Waals surface area contributed by atoms with E-state index >= 15 is 0 Å². The lowest BCUT2D eigenvalue weighted by Crippen LogP contribution is -2.28. The Morgan fingerprint density at radius 1 is 1.12 bits per heavy atom. The van der Waals surface area contributed by atoms with Gasteiger partial charge < -0.3 is 0 Å². The number of hydrogen-bond acceptors (Lipinski definition) is 2. The summed E-state index contributed by atoms with van der Waals surface area (Å²) in [5.74, 6) is 0. The number of piperidine rings is 1. The van der Waals surface area contributed by atoms with Crippen LogP contribution in [0.5, 0.6) is 0 Å². The summed E-state index contributed by atoms with van der Waals surface area (Å²) in [5, 5.41) is 0. The van der Waals surface area contributed by atoms with Crippen molar-refractivity contribution in [2.45, 2.75) is 52.5 Å². The van der Waals surface area contributed by atoms with E-state index in [4.69, 9.17) is 0 Å². The molecule has 1 fully saturated rings. The Hall–Kier alpha value is -0.340. The van der Waals surface area contributed by atoms with E-state index in [1.54, 1.807) is 15.3 Å². The van der Waals surface area contributed by atoms with Gasteiger partial charge in [0.1, 0.15) is 0 Å². The minimum absolute atomic E-state index is 1.19. The Balaban J connectivity index is 2.00. The van der Waals surface area contributed by atoms with Gasteiger partial charge in [-0.25, -0.2) is 0 Å². The van der Waals surface area contributed by atoms with Gasteiger partial charge in [0, 0.05) is 16.3 Å². The van der Waals surface area contributed by atoms with Crippen molar-refractivity contribution in [2.75, 3.05) is 13.1 Å². The summed E-state index contributed by atoms with van der Waals surface area (Å²) in [6, 6.07) is 2.44. The smallest absolute Gasteiger partial charge is 0.0328 e. The van der Waals surface area contributed by atoms with E-state index in [9.17, 15) is 0 Å². The molecule has 1 aliphatic heterocycles.